The summed E-state index contributed by atoms with van der Waals surface area (Å²) in [5.74, 6) is 1.44. The maximum atomic E-state index is 8.93. The number of hydrogen-bond donors (Lipinski definition) is 0. The summed E-state index contributed by atoms with van der Waals surface area (Å²) in [4.78, 5) is 1.12. The zero-order valence-electron chi connectivity index (χ0n) is 10.2. The highest BCUT2D eigenvalue weighted by molar-refractivity contribution is 7.99. The lowest BCUT2D eigenvalue weighted by molar-refractivity contribution is 0.343. The standard InChI is InChI=1S/C15H12ClNOS/c16-13-5-3-6-14(10-13)19-9-8-18-15-7-2-1-4-12(15)11-17/h1-7,10H,8-9H2. The summed E-state index contributed by atoms with van der Waals surface area (Å²) in [6, 6.07) is 17.1. The van der Waals surface area contributed by atoms with E-state index in [0.717, 1.165) is 15.7 Å². The van der Waals surface area contributed by atoms with Crippen LogP contribution in [0.3, 0.4) is 0 Å². The van der Waals surface area contributed by atoms with E-state index < -0.39 is 0 Å². The lowest BCUT2D eigenvalue weighted by atomic mass is 10.2. The molecule has 0 aromatic heterocycles. The molecule has 0 radical (unpaired) electrons. The molecule has 2 aromatic rings. The molecule has 0 spiro atoms. The van der Waals surface area contributed by atoms with E-state index in [9.17, 15) is 0 Å². The number of halogens is 1. The Balaban J connectivity index is 1.83. The molecule has 0 fully saturated rings. The van der Waals surface area contributed by atoms with Gasteiger partial charge in [0.1, 0.15) is 11.8 Å². The summed E-state index contributed by atoms with van der Waals surface area (Å²) in [6.07, 6.45) is 0. The SMILES string of the molecule is N#Cc1ccccc1OCCSc1cccc(Cl)c1. The molecule has 2 rings (SSSR count). The Morgan fingerprint density at radius 3 is 2.79 bits per heavy atom. The second-order valence-electron chi connectivity index (χ2n) is 3.76. The predicted molar refractivity (Wildman–Crippen MR) is 78.8 cm³/mol. The van der Waals surface area contributed by atoms with Crippen LogP contribution in [-0.2, 0) is 0 Å². The minimum Gasteiger partial charge on any atom is -0.491 e. The molecule has 0 aliphatic carbocycles. The van der Waals surface area contributed by atoms with E-state index in [4.69, 9.17) is 21.6 Å². The Bertz CT molecular complexity index is 595. The molecule has 19 heavy (non-hydrogen) atoms. The molecule has 4 heteroatoms. The Kier molecular flexibility index (Phi) is 5.14. The first-order chi connectivity index (χ1) is 9.29. The van der Waals surface area contributed by atoms with Crippen LogP contribution in [0.25, 0.3) is 0 Å². The lowest BCUT2D eigenvalue weighted by Gasteiger charge is -2.07. The summed E-state index contributed by atoms with van der Waals surface area (Å²) in [7, 11) is 0. The number of benzene rings is 2. The van der Waals surface area contributed by atoms with Crippen molar-refractivity contribution in [1.29, 1.82) is 5.26 Å². The van der Waals surface area contributed by atoms with E-state index in [-0.39, 0.29) is 0 Å². The van der Waals surface area contributed by atoms with E-state index >= 15 is 0 Å². The molecule has 0 amide bonds. The molecule has 96 valence electrons. The smallest absolute Gasteiger partial charge is 0.137 e. The average Bonchev–Trinajstić information content (AvgIpc) is 2.44. The van der Waals surface area contributed by atoms with Crippen LogP contribution in [-0.4, -0.2) is 12.4 Å². The second kappa shape index (κ2) is 7.08. The average molecular weight is 290 g/mol. The molecule has 0 heterocycles. The molecule has 0 unspecified atom stereocenters. The third-order valence-corrected chi connectivity index (χ3v) is 3.61. The van der Waals surface area contributed by atoms with Crippen molar-refractivity contribution < 1.29 is 4.74 Å². The maximum Gasteiger partial charge on any atom is 0.137 e. The van der Waals surface area contributed by atoms with Crippen LogP contribution in [0.5, 0.6) is 5.75 Å². The third-order valence-electron chi connectivity index (χ3n) is 2.41. The van der Waals surface area contributed by atoms with Crippen molar-refractivity contribution in [1.82, 2.24) is 0 Å². The first kappa shape index (κ1) is 13.8. The first-order valence-corrected chi connectivity index (χ1v) is 7.16. The van der Waals surface area contributed by atoms with Gasteiger partial charge in [0.25, 0.3) is 0 Å². The van der Waals surface area contributed by atoms with E-state index in [1.807, 2.05) is 42.5 Å². The molecule has 0 N–H and O–H groups in total. The van der Waals surface area contributed by atoms with Gasteiger partial charge in [-0.3, -0.25) is 0 Å². The Morgan fingerprint density at radius 1 is 1.16 bits per heavy atom. The van der Waals surface area contributed by atoms with Gasteiger partial charge in [-0.1, -0.05) is 29.8 Å². The minimum absolute atomic E-state index is 0.551. The lowest BCUT2D eigenvalue weighted by Crippen LogP contribution is -2.01. The van der Waals surface area contributed by atoms with Gasteiger partial charge in [0.2, 0.25) is 0 Å². The Labute approximate surface area is 122 Å². The van der Waals surface area contributed by atoms with Crippen LogP contribution in [0, 0.1) is 11.3 Å². The summed E-state index contributed by atoms with van der Waals surface area (Å²) >= 11 is 7.59. The van der Waals surface area contributed by atoms with Gasteiger partial charge < -0.3 is 4.74 Å². The number of hydrogen-bond acceptors (Lipinski definition) is 3. The molecule has 0 aliphatic heterocycles. The summed E-state index contributed by atoms with van der Waals surface area (Å²) in [5, 5.41) is 9.67. The predicted octanol–water partition coefficient (Wildman–Crippen LogP) is 4.38. The van der Waals surface area contributed by atoms with Crippen LogP contribution >= 0.6 is 23.4 Å². The minimum atomic E-state index is 0.551. The number of thioether (sulfide) groups is 1. The van der Waals surface area contributed by atoms with Gasteiger partial charge in [-0.05, 0) is 30.3 Å². The topological polar surface area (TPSA) is 33.0 Å². The van der Waals surface area contributed by atoms with Crippen LogP contribution in [0.2, 0.25) is 5.02 Å². The highest BCUT2D eigenvalue weighted by atomic mass is 35.5. The summed E-state index contributed by atoms with van der Waals surface area (Å²) < 4.78 is 5.60. The van der Waals surface area contributed by atoms with Gasteiger partial charge in [-0.15, -0.1) is 11.8 Å². The van der Waals surface area contributed by atoms with E-state index in [2.05, 4.69) is 6.07 Å². The van der Waals surface area contributed by atoms with Crippen molar-refractivity contribution >= 4 is 23.4 Å². The van der Waals surface area contributed by atoms with Crippen molar-refractivity contribution in [2.75, 3.05) is 12.4 Å². The van der Waals surface area contributed by atoms with Crippen molar-refractivity contribution in [2.45, 2.75) is 4.90 Å². The largest absolute Gasteiger partial charge is 0.491 e. The molecule has 2 nitrogen and oxygen atoms in total. The van der Waals surface area contributed by atoms with Gasteiger partial charge in [0, 0.05) is 15.7 Å². The van der Waals surface area contributed by atoms with Crippen molar-refractivity contribution in [2.24, 2.45) is 0 Å². The highest BCUT2D eigenvalue weighted by Gasteiger charge is 2.01. The normalized spacial score (nSPS) is 9.89. The van der Waals surface area contributed by atoms with Crippen LogP contribution < -0.4 is 4.74 Å². The van der Waals surface area contributed by atoms with E-state index in [1.54, 1.807) is 17.8 Å². The van der Waals surface area contributed by atoms with Gasteiger partial charge >= 0.3 is 0 Å². The van der Waals surface area contributed by atoms with Crippen molar-refractivity contribution in [3.8, 4) is 11.8 Å². The quantitative estimate of drug-likeness (QED) is 0.605. The fraction of sp³-hybridized carbons (Fsp3) is 0.133. The molecule has 0 saturated carbocycles. The maximum absolute atomic E-state index is 8.93. The summed E-state index contributed by atoms with van der Waals surface area (Å²) in [6.45, 7) is 0.551. The fourth-order valence-corrected chi connectivity index (χ4v) is 2.60. The van der Waals surface area contributed by atoms with Crippen molar-refractivity contribution in [3.05, 3.63) is 59.1 Å². The monoisotopic (exact) mass is 289 g/mol. The number of nitrogens with zero attached hydrogens (tertiary/aromatic N) is 1. The fourth-order valence-electron chi connectivity index (χ4n) is 1.55. The number of ether oxygens (including phenoxy) is 1. The van der Waals surface area contributed by atoms with Gasteiger partial charge in [0.05, 0.1) is 12.2 Å². The summed E-state index contributed by atoms with van der Waals surface area (Å²) in [5.41, 5.74) is 0.565. The van der Waals surface area contributed by atoms with E-state index in [0.29, 0.717) is 17.9 Å². The molecule has 0 saturated heterocycles. The van der Waals surface area contributed by atoms with Crippen LogP contribution in [0.15, 0.2) is 53.4 Å². The van der Waals surface area contributed by atoms with Crippen LogP contribution in [0.1, 0.15) is 5.56 Å². The molecule has 0 bridgehead atoms. The molecular formula is C15H12ClNOS. The highest BCUT2D eigenvalue weighted by Crippen LogP contribution is 2.22. The van der Waals surface area contributed by atoms with Gasteiger partial charge in [0.15, 0.2) is 0 Å². The third kappa shape index (κ3) is 4.20. The first-order valence-electron chi connectivity index (χ1n) is 5.80. The number of para-hydroxylation sites is 1. The molecule has 0 aliphatic rings. The van der Waals surface area contributed by atoms with Gasteiger partial charge in [-0.2, -0.15) is 5.26 Å². The molecule has 0 atom stereocenters. The zero-order valence-corrected chi connectivity index (χ0v) is 11.7. The number of nitriles is 1. The Hall–Kier alpha value is -1.63. The molecular weight excluding hydrogens is 278 g/mol. The second-order valence-corrected chi connectivity index (χ2v) is 5.37. The number of rotatable bonds is 5. The van der Waals surface area contributed by atoms with Crippen LogP contribution in [0.4, 0.5) is 0 Å². The van der Waals surface area contributed by atoms with Gasteiger partial charge in [-0.25, -0.2) is 0 Å². The molecule has 2 aromatic carbocycles. The van der Waals surface area contributed by atoms with E-state index in [1.165, 1.54) is 0 Å². The van der Waals surface area contributed by atoms with Crippen molar-refractivity contribution in [3.63, 3.8) is 0 Å². The Morgan fingerprint density at radius 2 is 2.00 bits per heavy atom. The zero-order chi connectivity index (χ0) is 13.5.